The maximum atomic E-state index is 12.1. The van der Waals surface area contributed by atoms with E-state index in [1.165, 1.54) is 12.1 Å². The zero-order valence-electron chi connectivity index (χ0n) is 10.4. The van der Waals surface area contributed by atoms with Crippen LogP contribution in [0, 0.1) is 10.1 Å². The molecule has 0 aromatic heterocycles. The average Bonchev–Trinajstić information content (AvgIpc) is 2.63. The first-order valence-corrected chi connectivity index (χ1v) is 5.55. The normalized spacial score (nSPS) is 13.0. The van der Waals surface area contributed by atoms with Crippen LogP contribution in [-0.4, -0.2) is 40.1 Å². The molecule has 1 aliphatic rings. The molecule has 0 unspecified atom stereocenters. The highest BCUT2D eigenvalue weighted by atomic mass is 16.6. The Hall–Kier alpha value is -3.30. The second-order valence-electron chi connectivity index (χ2n) is 4.07. The summed E-state index contributed by atoms with van der Waals surface area (Å²) in [6.07, 6.45) is 0. The number of imide groups is 2. The Labute approximate surface area is 116 Å². The fourth-order valence-electron chi connectivity index (χ4n) is 1.93. The lowest BCUT2D eigenvalue weighted by Gasteiger charge is -2.12. The standard InChI is InChI=1S/C11H8N4O6/c12-11(19)13-7(16)4-14-9(17)5-2-1-3-6(15(20)21)8(5)10(14)18/h1-3H,4H2,(H3,12,13,16,19). The van der Waals surface area contributed by atoms with Crippen LogP contribution in [-0.2, 0) is 4.79 Å². The van der Waals surface area contributed by atoms with Gasteiger partial charge in [0.05, 0.1) is 10.5 Å². The fourth-order valence-corrected chi connectivity index (χ4v) is 1.93. The molecule has 0 spiro atoms. The lowest BCUT2D eigenvalue weighted by molar-refractivity contribution is -0.385. The van der Waals surface area contributed by atoms with Gasteiger partial charge in [0.2, 0.25) is 5.91 Å². The van der Waals surface area contributed by atoms with Gasteiger partial charge in [0.15, 0.2) is 0 Å². The fraction of sp³-hybridized carbons (Fsp3) is 0.0909. The SMILES string of the molecule is NC(=O)NC(=O)CN1C(=O)c2cccc([N+](=O)[O-])c2C1=O. The Kier molecular flexibility index (Phi) is 3.36. The molecule has 21 heavy (non-hydrogen) atoms. The summed E-state index contributed by atoms with van der Waals surface area (Å²) in [6, 6.07) is 2.45. The number of hydrogen-bond donors (Lipinski definition) is 2. The van der Waals surface area contributed by atoms with Gasteiger partial charge in [0.25, 0.3) is 17.5 Å². The summed E-state index contributed by atoms with van der Waals surface area (Å²) in [5, 5.41) is 12.6. The molecule has 1 aromatic rings. The molecular formula is C11H8N4O6. The van der Waals surface area contributed by atoms with E-state index in [4.69, 9.17) is 5.73 Å². The number of rotatable bonds is 3. The van der Waals surface area contributed by atoms with E-state index >= 15 is 0 Å². The summed E-state index contributed by atoms with van der Waals surface area (Å²) in [6.45, 7) is -0.757. The number of nitro groups is 1. The number of nitro benzene ring substituents is 1. The largest absolute Gasteiger partial charge is 0.351 e. The molecule has 5 amide bonds. The van der Waals surface area contributed by atoms with Gasteiger partial charge in [0.1, 0.15) is 12.1 Å². The third-order valence-electron chi connectivity index (χ3n) is 2.74. The predicted octanol–water partition coefficient (Wildman–Crippen LogP) is -0.614. The van der Waals surface area contributed by atoms with E-state index < -0.39 is 40.9 Å². The lowest BCUT2D eigenvalue weighted by Crippen LogP contribution is -2.44. The van der Waals surface area contributed by atoms with Gasteiger partial charge in [-0.2, -0.15) is 0 Å². The minimum Gasteiger partial charge on any atom is -0.351 e. The second kappa shape index (κ2) is 5.00. The van der Waals surface area contributed by atoms with Crippen molar-refractivity contribution in [2.24, 2.45) is 5.73 Å². The first-order valence-electron chi connectivity index (χ1n) is 5.55. The van der Waals surface area contributed by atoms with Crippen molar-refractivity contribution in [3.8, 4) is 0 Å². The van der Waals surface area contributed by atoms with Gasteiger partial charge in [0, 0.05) is 6.07 Å². The van der Waals surface area contributed by atoms with Crippen LogP contribution in [0.15, 0.2) is 18.2 Å². The van der Waals surface area contributed by atoms with E-state index in [0.717, 1.165) is 6.07 Å². The van der Waals surface area contributed by atoms with E-state index in [1.807, 2.05) is 0 Å². The van der Waals surface area contributed by atoms with Crippen LogP contribution in [0.4, 0.5) is 10.5 Å². The van der Waals surface area contributed by atoms with Crippen molar-refractivity contribution < 1.29 is 24.1 Å². The molecule has 10 nitrogen and oxygen atoms in total. The Bertz CT molecular complexity index is 698. The molecule has 10 heteroatoms. The van der Waals surface area contributed by atoms with Gasteiger partial charge < -0.3 is 5.73 Å². The summed E-state index contributed by atoms with van der Waals surface area (Å²) in [4.78, 5) is 56.5. The molecular weight excluding hydrogens is 284 g/mol. The van der Waals surface area contributed by atoms with Crippen LogP contribution in [0.25, 0.3) is 0 Å². The number of urea groups is 1. The number of carbonyl (C=O) groups is 4. The minimum atomic E-state index is -1.14. The summed E-state index contributed by atoms with van der Waals surface area (Å²) in [7, 11) is 0. The van der Waals surface area contributed by atoms with Crippen molar-refractivity contribution in [3.63, 3.8) is 0 Å². The molecule has 108 valence electrons. The van der Waals surface area contributed by atoms with Gasteiger partial charge in [-0.3, -0.25) is 34.7 Å². The van der Waals surface area contributed by atoms with Crippen molar-refractivity contribution in [1.82, 2.24) is 10.2 Å². The van der Waals surface area contributed by atoms with Crippen LogP contribution in [0.3, 0.4) is 0 Å². The summed E-state index contributed by atoms with van der Waals surface area (Å²) in [5.41, 5.74) is 3.67. The van der Waals surface area contributed by atoms with Crippen LogP contribution < -0.4 is 11.1 Å². The van der Waals surface area contributed by atoms with Crippen LogP contribution in [0.5, 0.6) is 0 Å². The van der Waals surface area contributed by atoms with E-state index in [2.05, 4.69) is 0 Å². The topological polar surface area (TPSA) is 153 Å². The Morgan fingerprint density at radius 1 is 1.29 bits per heavy atom. The Morgan fingerprint density at radius 2 is 1.95 bits per heavy atom. The van der Waals surface area contributed by atoms with Gasteiger partial charge >= 0.3 is 6.03 Å². The zero-order valence-corrected chi connectivity index (χ0v) is 10.4. The molecule has 0 saturated heterocycles. The molecule has 1 aliphatic heterocycles. The Morgan fingerprint density at radius 3 is 2.52 bits per heavy atom. The van der Waals surface area contributed by atoms with Crippen molar-refractivity contribution in [2.75, 3.05) is 6.54 Å². The third-order valence-corrected chi connectivity index (χ3v) is 2.74. The highest BCUT2D eigenvalue weighted by molar-refractivity contribution is 6.24. The molecule has 3 N–H and O–H groups in total. The van der Waals surface area contributed by atoms with E-state index in [1.54, 1.807) is 5.32 Å². The molecule has 2 rings (SSSR count). The number of hydrogen-bond acceptors (Lipinski definition) is 6. The minimum absolute atomic E-state index is 0.166. The average molecular weight is 292 g/mol. The van der Waals surface area contributed by atoms with Crippen molar-refractivity contribution >= 4 is 29.4 Å². The van der Waals surface area contributed by atoms with Crippen molar-refractivity contribution in [1.29, 1.82) is 0 Å². The van der Waals surface area contributed by atoms with Gasteiger partial charge in [-0.25, -0.2) is 4.79 Å². The highest BCUT2D eigenvalue weighted by Gasteiger charge is 2.41. The molecule has 0 fully saturated rings. The van der Waals surface area contributed by atoms with E-state index in [0.29, 0.717) is 4.90 Å². The first kappa shape index (κ1) is 14.1. The van der Waals surface area contributed by atoms with Gasteiger partial charge in [-0.15, -0.1) is 0 Å². The Balaban J connectivity index is 2.35. The second-order valence-corrected chi connectivity index (χ2v) is 4.07. The number of carbonyl (C=O) groups excluding carboxylic acids is 4. The van der Waals surface area contributed by atoms with Gasteiger partial charge in [-0.1, -0.05) is 6.07 Å². The molecule has 0 atom stereocenters. The number of nitrogens with one attached hydrogen (secondary N) is 1. The molecule has 0 bridgehead atoms. The smallest absolute Gasteiger partial charge is 0.318 e. The molecule has 1 heterocycles. The summed E-state index contributed by atoms with van der Waals surface area (Å²) < 4.78 is 0. The maximum Gasteiger partial charge on any atom is 0.318 e. The number of amides is 5. The van der Waals surface area contributed by atoms with Crippen molar-refractivity contribution in [3.05, 3.63) is 39.4 Å². The number of fused-ring (bicyclic) bond motifs is 1. The predicted molar refractivity (Wildman–Crippen MR) is 66.2 cm³/mol. The number of primary amides is 1. The third kappa shape index (κ3) is 2.41. The zero-order chi connectivity index (χ0) is 15.7. The molecule has 0 radical (unpaired) electrons. The molecule has 0 aliphatic carbocycles. The van der Waals surface area contributed by atoms with Crippen molar-refractivity contribution in [2.45, 2.75) is 0 Å². The summed E-state index contributed by atoms with van der Waals surface area (Å²) in [5.74, 6) is -2.79. The number of benzene rings is 1. The molecule has 0 saturated carbocycles. The number of nitrogens with zero attached hydrogens (tertiary/aromatic N) is 2. The summed E-state index contributed by atoms with van der Waals surface area (Å²) >= 11 is 0. The van der Waals surface area contributed by atoms with E-state index in [-0.39, 0.29) is 11.1 Å². The lowest BCUT2D eigenvalue weighted by atomic mass is 10.1. The van der Waals surface area contributed by atoms with Crippen LogP contribution in [0.1, 0.15) is 20.7 Å². The maximum absolute atomic E-state index is 12.1. The van der Waals surface area contributed by atoms with E-state index in [9.17, 15) is 29.3 Å². The van der Waals surface area contributed by atoms with Crippen LogP contribution in [0.2, 0.25) is 0 Å². The first-order chi connectivity index (χ1) is 9.82. The molecule has 1 aromatic carbocycles. The number of nitrogens with two attached hydrogens (primary N) is 1. The quantitative estimate of drug-likeness (QED) is 0.430. The van der Waals surface area contributed by atoms with Gasteiger partial charge in [-0.05, 0) is 6.07 Å². The highest BCUT2D eigenvalue weighted by Crippen LogP contribution is 2.30. The monoisotopic (exact) mass is 292 g/mol. The van der Waals surface area contributed by atoms with Crippen LogP contribution >= 0.6 is 0 Å².